The van der Waals surface area contributed by atoms with Crippen LogP contribution in [0.3, 0.4) is 0 Å². The van der Waals surface area contributed by atoms with E-state index in [1.165, 1.54) is 6.92 Å². The zero-order valence-electron chi connectivity index (χ0n) is 34.6. The first-order chi connectivity index (χ1) is 26.9. The van der Waals surface area contributed by atoms with Gasteiger partial charge < -0.3 is 58.7 Å². The van der Waals surface area contributed by atoms with E-state index in [-0.39, 0.29) is 36.6 Å². The van der Waals surface area contributed by atoms with Crippen molar-refractivity contribution in [3.63, 3.8) is 0 Å². The summed E-state index contributed by atoms with van der Waals surface area (Å²) in [6, 6.07) is 0. The number of rotatable bonds is 10. The Kier molecular flexibility index (Phi) is 12.9. The average Bonchev–Trinajstić information content (AvgIpc) is 3.56. The summed E-state index contributed by atoms with van der Waals surface area (Å²) in [6.45, 7) is 14.5. The number of aliphatic hydroxyl groups excluding tert-OH is 3. The molecular formula is C44H68O13. The van der Waals surface area contributed by atoms with Gasteiger partial charge in [-0.1, -0.05) is 45.1 Å². The fourth-order valence-electron chi connectivity index (χ4n) is 10.5. The van der Waals surface area contributed by atoms with Crippen LogP contribution in [0.5, 0.6) is 0 Å². The number of carboxylic acids is 1. The minimum atomic E-state index is -1.96. The zero-order chi connectivity index (χ0) is 40.9. The lowest BCUT2D eigenvalue weighted by Crippen LogP contribution is -2.60. The van der Waals surface area contributed by atoms with Crippen molar-refractivity contribution in [3.05, 3.63) is 36.0 Å². The van der Waals surface area contributed by atoms with Crippen LogP contribution in [0.25, 0.3) is 0 Å². The molecule has 0 aromatic carbocycles. The Hall–Kier alpha value is -1.75. The Balaban J connectivity index is 0.920. The number of aliphatic hydroxyl groups is 4. The quantitative estimate of drug-likeness (QED) is 0.182. The van der Waals surface area contributed by atoms with E-state index < -0.39 is 71.7 Å². The third-order valence-corrected chi connectivity index (χ3v) is 14.0. The second-order valence-corrected chi connectivity index (χ2v) is 18.9. The van der Waals surface area contributed by atoms with Crippen LogP contribution >= 0.6 is 0 Å². The van der Waals surface area contributed by atoms with Gasteiger partial charge in [-0.2, -0.15) is 0 Å². The highest BCUT2D eigenvalue weighted by Crippen LogP contribution is 2.47. The van der Waals surface area contributed by atoms with E-state index in [1.807, 2.05) is 19.9 Å². The van der Waals surface area contributed by atoms with Crippen LogP contribution in [0.4, 0.5) is 0 Å². The third-order valence-electron chi connectivity index (χ3n) is 14.0. The van der Waals surface area contributed by atoms with Gasteiger partial charge in [-0.05, 0) is 95.1 Å². The number of carboxylic acid groups (broad SMARTS) is 1. The Labute approximate surface area is 337 Å². The summed E-state index contributed by atoms with van der Waals surface area (Å²) in [5, 5.41) is 54.0. The van der Waals surface area contributed by atoms with Gasteiger partial charge in [0.2, 0.25) is 5.79 Å². The molecule has 7 aliphatic heterocycles. The number of hydrogen-bond acceptors (Lipinski definition) is 12. The summed E-state index contributed by atoms with van der Waals surface area (Å²) in [6.07, 6.45) is 9.37. The summed E-state index contributed by atoms with van der Waals surface area (Å²) in [5.41, 5.74) is -0.551. The van der Waals surface area contributed by atoms with E-state index in [0.717, 1.165) is 50.7 Å². The number of hydrogen-bond donors (Lipinski definition) is 5. The van der Waals surface area contributed by atoms with Crippen LogP contribution in [-0.4, -0.2) is 122 Å². The Morgan fingerprint density at radius 3 is 2.49 bits per heavy atom. The first kappa shape index (κ1) is 43.3. The molecule has 8 unspecified atom stereocenters. The smallest absolute Gasteiger partial charge is 0.335 e. The van der Waals surface area contributed by atoms with Crippen molar-refractivity contribution >= 4 is 5.97 Å². The minimum Gasteiger partial charge on any atom is -0.479 e. The standard InChI is InChI=1S/C44H68O13/c1-25-21-34(55-44(23-25)35(46)12-11-31(54-44)24-41(6,50)40(48)49)26(2)9-10-30-14-18-43(53-30)19-15-33-39(57-43)36(47)29(5)38(52-33)32(45)22-28(4)37-27(3)13-17-42(56-37)16-7-8-20-51-42/h9-10,23,26-28,30-39,45-47,50H,5,7-8,11-22,24H2,1-4,6H3,(H,48,49)/b10-9+/t26?,27?,28?,30-,31-,32?,33+,34-,35?,36?,37-,38-,39+,41+,42?,43+,44?/m0/s1. The minimum absolute atomic E-state index is 0.0423. The predicted molar refractivity (Wildman–Crippen MR) is 208 cm³/mol. The van der Waals surface area contributed by atoms with E-state index in [2.05, 4.69) is 26.5 Å². The summed E-state index contributed by atoms with van der Waals surface area (Å²) in [5.74, 6) is -3.82. The van der Waals surface area contributed by atoms with Gasteiger partial charge in [0, 0.05) is 38.0 Å². The largest absolute Gasteiger partial charge is 0.479 e. The summed E-state index contributed by atoms with van der Waals surface area (Å²) < 4.78 is 45.2. The van der Waals surface area contributed by atoms with Crippen molar-refractivity contribution in [1.29, 1.82) is 0 Å². The molecule has 7 aliphatic rings. The molecule has 13 heteroatoms. The predicted octanol–water partition coefficient (Wildman–Crippen LogP) is 5.21. The molecule has 57 heavy (non-hydrogen) atoms. The normalized spacial score (nSPS) is 45.4. The van der Waals surface area contributed by atoms with Gasteiger partial charge in [0.25, 0.3) is 0 Å². The van der Waals surface area contributed by atoms with Gasteiger partial charge in [-0.3, -0.25) is 0 Å². The lowest BCUT2D eigenvalue weighted by molar-refractivity contribution is -0.321. The van der Waals surface area contributed by atoms with E-state index >= 15 is 0 Å². The van der Waals surface area contributed by atoms with Gasteiger partial charge in [0.05, 0.1) is 43.2 Å². The summed E-state index contributed by atoms with van der Waals surface area (Å²) in [7, 11) is 0. The van der Waals surface area contributed by atoms with Crippen LogP contribution in [0.1, 0.15) is 125 Å². The molecule has 5 N–H and O–H groups in total. The number of aliphatic carboxylic acids is 1. The molecule has 7 heterocycles. The van der Waals surface area contributed by atoms with Crippen molar-refractivity contribution in [3.8, 4) is 0 Å². The molecule has 3 spiro atoms. The lowest BCUT2D eigenvalue weighted by atomic mass is 9.79. The van der Waals surface area contributed by atoms with E-state index in [4.69, 9.17) is 33.2 Å². The highest BCUT2D eigenvalue weighted by Gasteiger charge is 2.55. The molecule has 0 aliphatic carbocycles. The number of carbonyl (C=O) groups is 1. The first-order valence-corrected chi connectivity index (χ1v) is 21.7. The summed E-state index contributed by atoms with van der Waals surface area (Å²) in [4.78, 5) is 11.6. The second-order valence-electron chi connectivity index (χ2n) is 18.9. The molecule has 0 amide bonds. The van der Waals surface area contributed by atoms with Gasteiger partial charge in [-0.25, -0.2) is 4.79 Å². The van der Waals surface area contributed by atoms with Crippen LogP contribution in [0, 0.1) is 17.8 Å². The molecule has 13 nitrogen and oxygen atoms in total. The molecule has 0 bridgehead atoms. The third kappa shape index (κ3) is 9.15. The van der Waals surface area contributed by atoms with E-state index in [1.54, 1.807) is 6.08 Å². The average molecular weight is 805 g/mol. The van der Waals surface area contributed by atoms with Crippen molar-refractivity contribution in [2.75, 3.05) is 6.61 Å². The molecular weight excluding hydrogens is 736 g/mol. The maximum atomic E-state index is 11.6. The second kappa shape index (κ2) is 17.0. The lowest BCUT2D eigenvalue weighted by Gasteiger charge is -2.50. The Morgan fingerprint density at radius 2 is 1.75 bits per heavy atom. The molecule has 322 valence electrons. The SMILES string of the molecule is C=C1C(O)[C@@H]2O[C@]3(CC[C@H](/C=C/C(C)[C@@H]4CC(C)=CC5(O[C@H](C[C@@](C)(O)C(=O)O)CCC5O)O4)O3)CC[C@H]2O[C@@H]1C(O)CC(C)[C@H]1OC2(CCCCO2)CCC1C. The fraction of sp³-hybridized carbons (Fsp3) is 0.841. The van der Waals surface area contributed by atoms with Gasteiger partial charge in [-0.15, -0.1) is 0 Å². The van der Waals surface area contributed by atoms with Crippen LogP contribution in [0.2, 0.25) is 0 Å². The van der Waals surface area contributed by atoms with Crippen LogP contribution in [0.15, 0.2) is 36.0 Å². The van der Waals surface area contributed by atoms with Crippen molar-refractivity contribution in [2.24, 2.45) is 17.8 Å². The van der Waals surface area contributed by atoms with E-state index in [0.29, 0.717) is 56.4 Å². The highest BCUT2D eigenvalue weighted by atomic mass is 16.7. The monoisotopic (exact) mass is 804 g/mol. The number of ether oxygens (including phenoxy) is 7. The molecule has 6 fully saturated rings. The van der Waals surface area contributed by atoms with Gasteiger partial charge in [0.15, 0.2) is 17.2 Å². The highest BCUT2D eigenvalue weighted by molar-refractivity contribution is 5.76. The molecule has 0 aromatic rings. The molecule has 6 saturated heterocycles. The topological polar surface area (TPSA) is 183 Å². The van der Waals surface area contributed by atoms with Gasteiger partial charge in [0.1, 0.15) is 24.4 Å². The molecule has 7 rings (SSSR count). The fourth-order valence-corrected chi connectivity index (χ4v) is 10.5. The molecule has 17 atom stereocenters. The maximum Gasteiger partial charge on any atom is 0.335 e. The van der Waals surface area contributed by atoms with Crippen LogP contribution in [-0.2, 0) is 38.0 Å². The van der Waals surface area contributed by atoms with Crippen LogP contribution < -0.4 is 0 Å². The molecule has 0 radical (unpaired) electrons. The molecule has 0 aromatic heterocycles. The van der Waals surface area contributed by atoms with E-state index in [9.17, 15) is 30.3 Å². The Morgan fingerprint density at radius 1 is 1.00 bits per heavy atom. The number of fused-ring (bicyclic) bond motifs is 1. The van der Waals surface area contributed by atoms with Gasteiger partial charge >= 0.3 is 5.97 Å². The summed E-state index contributed by atoms with van der Waals surface area (Å²) >= 11 is 0. The Bertz CT molecular complexity index is 1510. The maximum absolute atomic E-state index is 11.6. The molecule has 0 saturated carbocycles. The van der Waals surface area contributed by atoms with Crippen molar-refractivity contribution in [2.45, 2.75) is 209 Å². The zero-order valence-corrected chi connectivity index (χ0v) is 34.6. The van der Waals surface area contributed by atoms with Crippen molar-refractivity contribution < 1.29 is 63.5 Å². The van der Waals surface area contributed by atoms with Crippen molar-refractivity contribution in [1.82, 2.24) is 0 Å². The first-order valence-electron chi connectivity index (χ1n) is 21.7.